The van der Waals surface area contributed by atoms with Gasteiger partial charge in [-0.2, -0.15) is 0 Å². The Hall–Kier alpha value is -1.85. The van der Waals surface area contributed by atoms with Crippen molar-refractivity contribution < 1.29 is 19.5 Å². The van der Waals surface area contributed by atoms with Crippen molar-refractivity contribution in [3.63, 3.8) is 0 Å². The standard InChI is InChI=1S/C11H18N2O4/c1-7(8(2)11(16)17)10(15)12-6-5-9(14)13(3)4/h5-6H2,1-4H3,(H,12,15)(H,16,17). The highest BCUT2D eigenvalue weighted by Gasteiger charge is 2.12. The van der Waals surface area contributed by atoms with Crippen LogP contribution < -0.4 is 5.32 Å². The summed E-state index contributed by atoms with van der Waals surface area (Å²) in [7, 11) is 3.26. The molecule has 0 rings (SSSR count). The van der Waals surface area contributed by atoms with Crippen LogP contribution in [0.15, 0.2) is 11.1 Å². The summed E-state index contributed by atoms with van der Waals surface area (Å²) >= 11 is 0. The number of nitrogens with one attached hydrogen (secondary N) is 1. The van der Waals surface area contributed by atoms with Crippen LogP contribution in [0.5, 0.6) is 0 Å². The molecule has 0 heterocycles. The first-order chi connectivity index (χ1) is 7.77. The minimum Gasteiger partial charge on any atom is -0.478 e. The lowest BCUT2D eigenvalue weighted by atomic mass is 10.1. The monoisotopic (exact) mass is 242 g/mol. The zero-order valence-corrected chi connectivity index (χ0v) is 10.5. The Morgan fingerprint density at radius 1 is 1.12 bits per heavy atom. The predicted molar refractivity (Wildman–Crippen MR) is 62.3 cm³/mol. The van der Waals surface area contributed by atoms with Gasteiger partial charge in [0, 0.05) is 38.2 Å². The van der Waals surface area contributed by atoms with Crippen molar-refractivity contribution >= 4 is 17.8 Å². The number of aliphatic carboxylic acids is 1. The molecule has 0 spiro atoms. The minimum absolute atomic E-state index is 0.00133. The maximum absolute atomic E-state index is 11.5. The van der Waals surface area contributed by atoms with E-state index in [2.05, 4.69) is 5.32 Å². The largest absolute Gasteiger partial charge is 0.478 e. The molecular weight excluding hydrogens is 224 g/mol. The van der Waals surface area contributed by atoms with Gasteiger partial charge in [0.25, 0.3) is 0 Å². The van der Waals surface area contributed by atoms with Gasteiger partial charge in [0.15, 0.2) is 0 Å². The minimum atomic E-state index is -1.12. The molecule has 96 valence electrons. The molecule has 6 nitrogen and oxygen atoms in total. The summed E-state index contributed by atoms with van der Waals surface area (Å²) in [4.78, 5) is 34.7. The van der Waals surface area contributed by atoms with Crippen LogP contribution in [-0.2, 0) is 14.4 Å². The van der Waals surface area contributed by atoms with Gasteiger partial charge in [0.05, 0.1) is 0 Å². The summed E-state index contributed by atoms with van der Waals surface area (Å²) in [6.07, 6.45) is 0.193. The average Bonchev–Trinajstić information content (AvgIpc) is 2.26. The first-order valence-electron chi connectivity index (χ1n) is 5.16. The van der Waals surface area contributed by atoms with Crippen LogP contribution in [-0.4, -0.2) is 48.4 Å². The number of hydrogen-bond acceptors (Lipinski definition) is 3. The van der Waals surface area contributed by atoms with E-state index in [9.17, 15) is 14.4 Å². The fourth-order valence-corrected chi connectivity index (χ4v) is 0.970. The lowest BCUT2D eigenvalue weighted by molar-refractivity contribution is -0.133. The van der Waals surface area contributed by atoms with Gasteiger partial charge in [0.2, 0.25) is 11.8 Å². The Kier molecular flexibility index (Phi) is 5.95. The van der Waals surface area contributed by atoms with Crippen molar-refractivity contribution in [3.05, 3.63) is 11.1 Å². The Labute approximate surface area is 100 Å². The van der Waals surface area contributed by atoms with E-state index in [4.69, 9.17) is 5.11 Å². The molecule has 0 atom stereocenters. The highest BCUT2D eigenvalue weighted by atomic mass is 16.4. The number of amides is 2. The molecule has 17 heavy (non-hydrogen) atoms. The van der Waals surface area contributed by atoms with Crippen molar-refractivity contribution in [1.82, 2.24) is 10.2 Å². The molecule has 0 fully saturated rings. The predicted octanol–water partition coefficient (Wildman–Crippen LogP) is 0.00190. The summed E-state index contributed by atoms with van der Waals surface area (Å²) in [5.74, 6) is -1.68. The van der Waals surface area contributed by atoms with E-state index in [0.717, 1.165) is 0 Å². The smallest absolute Gasteiger partial charge is 0.331 e. The zero-order chi connectivity index (χ0) is 13.6. The maximum atomic E-state index is 11.5. The lowest BCUT2D eigenvalue weighted by Crippen LogP contribution is -2.31. The number of nitrogens with zero attached hydrogens (tertiary/aromatic N) is 1. The molecule has 0 aliphatic heterocycles. The topological polar surface area (TPSA) is 86.7 Å². The fourth-order valence-electron chi connectivity index (χ4n) is 0.970. The van der Waals surface area contributed by atoms with E-state index >= 15 is 0 Å². The van der Waals surface area contributed by atoms with E-state index in [1.165, 1.54) is 18.7 Å². The van der Waals surface area contributed by atoms with Crippen LogP contribution in [0.3, 0.4) is 0 Å². The highest BCUT2D eigenvalue weighted by molar-refractivity contribution is 6.01. The molecule has 0 aromatic rings. The summed E-state index contributed by atoms with van der Waals surface area (Å²) < 4.78 is 0. The van der Waals surface area contributed by atoms with E-state index in [1.807, 2.05) is 0 Å². The van der Waals surface area contributed by atoms with Crippen molar-refractivity contribution in [2.45, 2.75) is 20.3 Å². The van der Waals surface area contributed by atoms with Crippen molar-refractivity contribution in [2.24, 2.45) is 0 Å². The second-order valence-corrected chi connectivity index (χ2v) is 3.85. The van der Waals surface area contributed by atoms with E-state index < -0.39 is 11.9 Å². The van der Waals surface area contributed by atoms with Crippen molar-refractivity contribution in [3.8, 4) is 0 Å². The Morgan fingerprint density at radius 2 is 1.65 bits per heavy atom. The summed E-state index contributed by atoms with van der Waals surface area (Å²) in [5, 5.41) is 11.2. The number of rotatable bonds is 5. The number of hydrogen-bond donors (Lipinski definition) is 2. The molecule has 0 bridgehead atoms. The van der Waals surface area contributed by atoms with Gasteiger partial charge in [-0.1, -0.05) is 0 Å². The first kappa shape index (κ1) is 15.2. The second-order valence-electron chi connectivity index (χ2n) is 3.85. The van der Waals surface area contributed by atoms with Crippen LogP contribution in [0.25, 0.3) is 0 Å². The SMILES string of the molecule is CC(C(=O)O)=C(C)C(=O)NCCC(=O)N(C)C. The molecule has 6 heteroatoms. The normalized spacial score (nSPS) is 11.5. The first-order valence-corrected chi connectivity index (χ1v) is 5.16. The van der Waals surface area contributed by atoms with Crippen molar-refractivity contribution in [1.29, 1.82) is 0 Å². The molecule has 2 N–H and O–H groups in total. The maximum Gasteiger partial charge on any atom is 0.331 e. The number of carbonyl (C=O) groups excluding carboxylic acids is 2. The molecule has 0 saturated heterocycles. The Bertz CT molecular complexity index is 358. The molecular formula is C11H18N2O4. The van der Waals surface area contributed by atoms with Crippen molar-refractivity contribution in [2.75, 3.05) is 20.6 Å². The summed E-state index contributed by atoms with van der Waals surface area (Å²) in [6.45, 7) is 2.99. The molecule has 2 amide bonds. The van der Waals surface area contributed by atoms with E-state index in [1.54, 1.807) is 14.1 Å². The molecule has 0 aromatic heterocycles. The lowest BCUT2D eigenvalue weighted by Gasteiger charge is -2.11. The Balaban J connectivity index is 4.25. The van der Waals surface area contributed by atoms with Gasteiger partial charge in [-0.3, -0.25) is 9.59 Å². The van der Waals surface area contributed by atoms with Gasteiger partial charge in [-0.05, 0) is 13.8 Å². The second kappa shape index (κ2) is 6.67. The Morgan fingerprint density at radius 3 is 2.06 bits per heavy atom. The summed E-state index contributed by atoms with van der Waals surface area (Å²) in [5.41, 5.74) is 0.149. The summed E-state index contributed by atoms with van der Waals surface area (Å²) in [6, 6.07) is 0. The van der Waals surface area contributed by atoms with E-state index in [-0.39, 0.29) is 30.0 Å². The van der Waals surface area contributed by atoms with Crippen LogP contribution in [0, 0.1) is 0 Å². The van der Waals surface area contributed by atoms with Gasteiger partial charge in [-0.25, -0.2) is 4.79 Å². The molecule has 0 aliphatic rings. The third-order valence-electron chi connectivity index (χ3n) is 2.35. The number of carboxylic acids is 1. The van der Waals surface area contributed by atoms with Crippen LogP contribution >= 0.6 is 0 Å². The number of carboxylic acid groups (broad SMARTS) is 1. The van der Waals surface area contributed by atoms with Gasteiger partial charge >= 0.3 is 5.97 Å². The van der Waals surface area contributed by atoms with Gasteiger partial charge < -0.3 is 15.3 Å². The molecule has 0 saturated carbocycles. The van der Waals surface area contributed by atoms with E-state index in [0.29, 0.717) is 0 Å². The number of carbonyl (C=O) groups is 3. The van der Waals surface area contributed by atoms with Crippen LogP contribution in [0.2, 0.25) is 0 Å². The third kappa shape index (κ3) is 5.14. The molecule has 0 radical (unpaired) electrons. The molecule has 0 aromatic carbocycles. The molecule has 0 unspecified atom stereocenters. The quantitative estimate of drug-likeness (QED) is 0.664. The van der Waals surface area contributed by atoms with Gasteiger partial charge in [-0.15, -0.1) is 0 Å². The highest BCUT2D eigenvalue weighted by Crippen LogP contribution is 2.03. The average molecular weight is 242 g/mol. The fraction of sp³-hybridized carbons (Fsp3) is 0.545. The third-order valence-corrected chi connectivity index (χ3v) is 2.35. The van der Waals surface area contributed by atoms with Crippen LogP contribution in [0.1, 0.15) is 20.3 Å². The van der Waals surface area contributed by atoms with Crippen LogP contribution in [0.4, 0.5) is 0 Å². The molecule has 0 aliphatic carbocycles. The zero-order valence-electron chi connectivity index (χ0n) is 10.5. The van der Waals surface area contributed by atoms with Gasteiger partial charge in [0.1, 0.15) is 0 Å².